The molecule has 0 N–H and O–H groups in total. The summed E-state index contributed by atoms with van der Waals surface area (Å²) in [6.45, 7) is 3.57. The van der Waals surface area contributed by atoms with Crippen LogP contribution in [0.25, 0.3) is 0 Å². The summed E-state index contributed by atoms with van der Waals surface area (Å²) in [4.78, 5) is 0. The maximum Gasteiger partial charge on any atom is 0.119 e. The highest BCUT2D eigenvalue weighted by atomic mass is 35.5. The molecule has 0 saturated carbocycles. The third-order valence-corrected chi connectivity index (χ3v) is 2.91. The van der Waals surface area contributed by atoms with E-state index in [-0.39, 0.29) is 0 Å². The third-order valence-electron chi connectivity index (χ3n) is 2.69. The molecule has 2 nitrogen and oxygen atoms in total. The van der Waals surface area contributed by atoms with Gasteiger partial charge in [-0.1, -0.05) is 19.1 Å². The molecule has 0 radical (unpaired) electrons. The minimum atomic E-state index is 0.620. The van der Waals surface area contributed by atoms with Crippen LogP contribution in [0, 0.1) is 5.92 Å². The maximum absolute atomic E-state index is 5.71. The van der Waals surface area contributed by atoms with Gasteiger partial charge in [-0.15, -0.1) is 11.6 Å². The van der Waals surface area contributed by atoms with Gasteiger partial charge in [0.25, 0.3) is 0 Å². The molecule has 0 aliphatic carbocycles. The first-order chi connectivity index (χ1) is 8.26. The number of methoxy groups -OCH3 is 1. The number of hydrogen-bond donors (Lipinski definition) is 0. The van der Waals surface area contributed by atoms with Crippen LogP contribution in [-0.2, 0) is 11.3 Å². The standard InChI is InChI=1S/C14H21ClO2/c1-12(6-8-15)7-9-17-14-5-3-4-13(10-14)11-16-2/h3-5,10,12H,6-9,11H2,1-2H3. The molecule has 0 bridgehead atoms. The molecular weight excluding hydrogens is 236 g/mol. The van der Waals surface area contributed by atoms with Crippen LogP contribution >= 0.6 is 11.6 Å². The van der Waals surface area contributed by atoms with Crippen molar-refractivity contribution in [1.82, 2.24) is 0 Å². The smallest absolute Gasteiger partial charge is 0.119 e. The van der Waals surface area contributed by atoms with Crippen LogP contribution < -0.4 is 4.74 Å². The van der Waals surface area contributed by atoms with Crippen LogP contribution in [-0.4, -0.2) is 19.6 Å². The number of alkyl halides is 1. The molecule has 0 heterocycles. The van der Waals surface area contributed by atoms with Crippen LogP contribution in [0.4, 0.5) is 0 Å². The van der Waals surface area contributed by atoms with Crippen LogP contribution in [0.15, 0.2) is 24.3 Å². The average Bonchev–Trinajstić information content (AvgIpc) is 2.30. The highest BCUT2D eigenvalue weighted by molar-refractivity contribution is 6.17. The van der Waals surface area contributed by atoms with E-state index in [1.54, 1.807) is 7.11 Å². The van der Waals surface area contributed by atoms with Gasteiger partial charge >= 0.3 is 0 Å². The summed E-state index contributed by atoms with van der Waals surface area (Å²) < 4.78 is 10.8. The average molecular weight is 257 g/mol. The van der Waals surface area contributed by atoms with Gasteiger partial charge < -0.3 is 9.47 Å². The summed E-state index contributed by atoms with van der Waals surface area (Å²) in [5.41, 5.74) is 1.14. The molecule has 96 valence electrons. The van der Waals surface area contributed by atoms with Crippen LogP contribution in [0.5, 0.6) is 5.75 Å². The van der Waals surface area contributed by atoms with Gasteiger partial charge in [-0.3, -0.25) is 0 Å². The largest absolute Gasteiger partial charge is 0.494 e. The number of halogens is 1. The molecule has 1 unspecified atom stereocenters. The molecule has 0 fully saturated rings. The lowest BCUT2D eigenvalue weighted by Crippen LogP contribution is -2.05. The van der Waals surface area contributed by atoms with Crippen molar-refractivity contribution in [1.29, 1.82) is 0 Å². The lowest BCUT2D eigenvalue weighted by molar-refractivity contribution is 0.184. The zero-order valence-electron chi connectivity index (χ0n) is 10.6. The zero-order valence-corrected chi connectivity index (χ0v) is 11.4. The lowest BCUT2D eigenvalue weighted by atomic mass is 10.1. The Morgan fingerprint density at radius 2 is 2.12 bits per heavy atom. The number of benzene rings is 1. The minimum Gasteiger partial charge on any atom is -0.494 e. The molecule has 0 amide bonds. The SMILES string of the molecule is COCc1cccc(OCCC(C)CCCl)c1. The number of hydrogen-bond acceptors (Lipinski definition) is 2. The van der Waals surface area contributed by atoms with Gasteiger partial charge in [0.2, 0.25) is 0 Å². The fourth-order valence-corrected chi connectivity index (χ4v) is 1.97. The molecule has 0 aliphatic rings. The van der Waals surface area contributed by atoms with E-state index in [0.29, 0.717) is 12.5 Å². The van der Waals surface area contributed by atoms with E-state index < -0.39 is 0 Å². The van der Waals surface area contributed by atoms with Gasteiger partial charge in [-0.05, 0) is 36.5 Å². The van der Waals surface area contributed by atoms with E-state index >= 15 is 0 Å². The second-order valence-corrected chi connectivity index (χ2v) is 4.68. The van der Waals surface area contributed by atoms with Crippen molar-refractivity contribution in [2.45, 2.75) is 26.4 Å². The predicted octanol–water partition coefficient (Wildman–Crippen LogP) is 3.87. The fraction of sp³-hybridized carbons (Fsp3) is 0.571. The summed E-state index contributed by atoms with van der Waals surface area (Å²) in [6, 6.07) is 8.03. The van der Waals surface area contributed by atoms with Crippen molar-refractivity contribution < 1.29 is 9.47 Å². The van der Waals surface area contributed by atoms with Crippen molar-refractivity contribution in [3.05, 3.63) is 29.8 Å². The van der Waals surface area contributed by atoms with Gasteiger partial charge in [0.15, 0.2) is 0 Å². The molecule has 1 rings (SSSR count). The van der Waals surface area contributed by atoms with Crippen molar-refractivity contribution in [2.24, 2.45) is 5.92 Å². The molecule has 0 spiro atoms. The van der Waals surface area contributed by atoms with E-state index in [1.807, 2.05) is 24.3 Å². The second kappa shape index (κ2) is 8.37. The predicted molar refractivity (Wildman–Crippen MR) is 71.8 cm³/mol. The zero-order chi connectivity index (χ0) is 12.5. The Morgan fingerprint density at radius 1 is 1.29 bits per heavy atom. The third kappa shape index (κ3) is 5.94. The van der Waals surface area contributed by atoms with Gasteiger partial charge in [0.05, 0.1) is 13.2 Å². The Hall–Kier alpha value is -0.730. The van der Waals surface area contributed by atoms with Gasteiger partial charge in [-0.2, -0.15) is 0 Å². The molecule has 1 atom stereocenters. The molecule has 17 heavy (non-hydrogen) atoms. The highest BCUT2D eigenvalue weighted by Gasteiger charge is 2.02. The number of rotatable bonds is 8. The summed E-state index contributed by atoms with van der Waals surface area (Å²) in [5.74, 6) is 2.26. The summed E-state index contributed by atoms with van der Waals surface area (Å²) in [5, 5.41) is 0. The molecule has 0 aromatic heterocycles. The summed E-state index contributed by atoms with van der Waals surface area (Å²) in [7, 11) is 1.70. The van der Waals surface area contributed by atoms with E-state index in [4.69, 9.17) is 21.1 Å². The van der Waals surface area contributed by atoms with Crippen LogP contribution in [0.1, 0.15) is 25.3 Å². The van der Waals surface area contributed by atoms with Gasteiger partial charge in [0.1, 0.15) is 5.75 Å². The first-order valence-corrected chi connectivity index (χ1v) is 6.56. The topological polar surface area (TPSA) is 18.5 Å². The maximum atomic E-state index is 5.71. The van der Waals surface area contributed by atoms with Crippen LogP contribution in [0.3, 0.4) is 0 Å². The Bertz CT molecular complexity index is 315. The van der Waals surface area contributed by atoms with E-state index in [1.165, 1.54) is 0 Å². The Kier molecular flexibility index (Phi) is 7.06. The Balaban J connectivity index is 2.33. The normalized spacial score (nSPS) is 12.4. The van der Waals surface area contributed by atoms with Crippen molar-refractivity contribution >= 4 is 11.6 Å². The molecule has 1 aromatic carbocycles. The Morgan fingerprint density at radius 3 is 2.82 bits per heavy atom. The van der Waals surface area contributed by atoms with E-state index in [0.717, 1.165) is 36.6 Å². The Labute approximate surface area is 109 Å². The molecule has 3 heteroatoms. The quantitative estimate of drug-likeness (QED) is 0.658. The minimum absolute atomic E-state index is 0.620. The first-order valence-electron chi connectivity index (χ1n) is 6.03. The van der Waals surface area contributed by atoms with Gasteiger partial charge in [-0.25, -0.2) is 0 Å². The van der Waals surface area contributed by atoms with E-state index in [2.05, 4.69) is 6.92 Å². The molecule has 0 saturated heterocycles. The second-order valence-electron chi connectivity index (χ2n) is 4.30. The molecular formula is C14H21ClO2. The van der Waals surface area contributed by atoms with Crippen LogP contribution in [0.2, 0.25) is 0 Å². The summed E-state index contributed by atoms with van der Waals surface area (Å²) >= 11 is 5.69. The fourth-order valence-electron chi connectivity index (χ4n) is 1.60. The molecule has 0 aliphatic heterocycles. The lowest BCUT2D eigenvalue weighted by Gasteiger charge is -2.11. The monoisotopic (exact) mass is 256 g/mol. The first kappa shape index (κ1) is 14.3. The van der Waals surface area contributed by atoms with Crippen molar-refractivity contribution in [3.63, 3.8) is 0 Å². The van der Waals surface area contributed by atoms with Crippen molar-refractivity contribution in [2.75, 3.05) is 19.6 Å². The summed E-state index contributed by atoms with van der Waals surface area (Å²) in [6.07, 6.45) is 2.09. The van der Waals surface area contributed by atoms with Gasteiger partial charge in [0, 0.05) is 13.0 Å². The molecule has 1 aromatic rings. The number of ether oxygens (including phenoxy) is 2. The highest BCUT2D eigenvalue weighted by Crippen LogP contribution is 2.15. The van der Waals surface area contributed by atoms with Crippen molar-refractivity contribution in [3.8, 4) is 5.75 Å². The van der Waals surface area contributed by atoms with E-state index in [9.17, 15) is 0 Å².